The first-order valence-electron chi connectivity index (χ1n) is 9.04. The van der Waals surface area contributed by atoms with Gasteiger partial charge < -0.3 is 10.2 Å². The fourth-order valence-corrected chi connectivity index (χ4v) is 3.34. The average Bonchev–Trinajstić information content (AvgIpc) is 2.65. The molecule has 7 heteroatoms. The molecule has 0 radical (unpaired) electrons. The van der Waals surface area contributed by atoms with Crippen molar-refractivity contribution in [3.05, 3.63) is 28.7 Å². The molecule has 1 atom stereocenters. The van der Waals surface area contributed by atoms with Crippen molar-refractivity contribution >= 4 is 22.9 Å². The van der Waals surface area contributed by atoms with Crippen molar-refractivity contribution in [2.24, 2.45) is 5.92 Å². The second kappa shape index (κ2) is 7.63. The first-order valence-corrected chi connectivity index (χ1v) is 9.04. The maximum atomic E-state index is 12.9. The van der Waals surface area contributed by atoms with Crippen molar-refractivity contribution < 1.29 is 4.79 Å². The molecule has 1 saturated heterocycles. The fraction of sp³-hybridized carbons (Fsp3) is 0.556. The summed E-state index contributed by atoms with van der Waals surface area (Å²) in [5, 5.41) is 2.96. The fourth-order valence-electron chi connectivity index (χ4n) is 3.34. The van der Waals surface area contributed by atoms with Gasteiger partial charge in [0.25, 0.3) is 5.56 Å². The Morgan fingerprint density at radius 3 is 3.00 bits per heavy atom. The lowest BCUT2D eigenvalue weighted by atomic mass is 9.97. The summed E-state index contributed by atoms with van der Waals surface area (Å²) in [7, 11) is 0. The highest BCUT2D eigenvalue weighted by atomic mass is 16.2. The summed E-state index contributed by atoms with van der Waals surface area (Å²) in [6, 6.07) is 3.69. The van der Waals surface area contributed by atoms with Gasteiger partial charge in [-0.1, -0.05) is 6.92 Å². The zero-order chi connectivity index (χ0) is 17.8. The first-order chi connectivity index (χ1) is 12.2. The van der Waals surface area contributed by atoms with Crippen molar-refractivity contribution in [2.75, 3.05) is 24.5 Å². The number of aromatic nitrogens is 3. The Morgan fingerprint density at radius 1 is 1.40 bits per heavy atom. The number of nitrogens with one attached hydrogen (secondary N) is 1. The Bertz CT molecular complexity index is 817. The highest BCUT2D eigenvalue weighted by molar-refractivity contribution is 5.79. The second-order valence-corrected chi connectivity index (χ2v) is 6.41. The van der Waals surface area contributed by atoms with Crippen LogP contribution in [0.1, 0.15) is 33.1 Å². The summed E-state index contributed by atoms with van der Waals surface area (Å²) in [5.41, 5.74) is 1.17. The van der Waals surface area contributed by atoms with Gasteiger partial charge in [0.05, 0.1) is 5.92 Å². The van der Waals surface area contributed by atoms with Crippen LogP contribution in [0.4, 0.5) is 5.82 Å². The summed E-state index contributed by atoms with van der Waals surface area (Å²) in [4.78, 5) is 36.0. The van der Waals surface area contributed by atoms with E-state index in [2.05, 4.69) is 15.3 Å². The number of rotatable bonds is 5. The van der Waals surface area contributed by atoms with Gasteiger partial charge in [0.2, 0.25) is 5.91 Å². The standard InChI is InChI=1S/C18H25N5O2/c1-3-9-20-17(24)13-7-6-11-22(12-13)16-18(25)23(4-2)15-14(21-16)8-5-10-19-15/h5,8,10,13H,3-4,6-7,9,11-12H2,1-2H3,(H,20,24). The minimum atomic E-state index is -0.136. The molecule has 2 aromatic heterocycles. The van der Waals surface area contributed by atoms with Gasteiger partial charge in [0.1, 0.15) is 5.52 Å². The summed E-state index contributed by atoms with van der Waals surface area (Å²) in [6.07, 6.45) is 4.32. The van der Waals surface area contributed by atoms with Crippen molar-refractivity contribution in [2.45, 2.75) is 39.7 Å². The maximum absolute atomic E-state index is 12.9. The molecule has 2 aromatic rings. The number of fused-ring (bicyclic) bond motifs is 1. The van der Waals surface area contributed by atoms with Crippen molar-refractivity contribution in [3.63, 3.8) is 0 Å². The second-order valence-electron chi connectivity index (χ2n) is 6.41. The van der Waals surface area contributed by atoms with E-state index in [1.807, 2.05) is 30.9 Å². The Morgan fingerprint density at radius 2 is 2.24 bits per heavy atom. The molecule has 0 saturated carbocycles. The van der Waals surface area contributed by atoms with Crippen LogP contribution >= 0.6 is 0 Å². The van der Waals surface area contributed by atoms with E-state index >= 15 is 0 Å². The number of amides is 1. The SMILES string of the molecule is CCCNC(=O)C1CCCN(c2nc3cccnc3n(CC)c2=O)C1. The number of anilines is 1. The van der Waals surface area contributed by atoms with E-state index in [0.29, 0.717) is 36.6 Å². The van der Waals surface area contributed by atoms with Crippen LogP contribution in [0, 0.1) is 5.92 Å². The lowest BCUT2D eigenvalue weighted by Crippen LogP contribution is -2.45. The van der Waals surface area contributed by atoms with Crippen LogP contribution < -0.4 is 15.8 Å². The predicted molar refractivity (Wildman–Crippen MR) is 97.7 cm³/mol. The van der Waals surface area contributed by atoms with Crippen LogP contribution in [0.3, 0.4) is 0 Å². The van der Waals surface area contributed by atoms with Crippen LogP contribution in [0.15, 0.2) is 23.1 Å². The highest BCUT2D eigenvalue weighted by Gasteiger charge is 2.28. The van der Waals surface area contributed by atoms with E-state index in [9.17, 15) is 9.59 Å². The van der Waals surface area contributed by atoms with E-state index in [-0.39, 0.29) is 17.4 Å². The molecule has 1 N–H and O–H groups in total. The van der Waals surface area contributed by atoms with E-state index in [1.54, 1.807) is 10.8 Å². The quantitative estimate of drug-likeness (QED) is 0.891. The van der Waals surface area contributed by atoms with Crippen molar-refractivity contribution in [1.82, 2.24) is 19.9 Å². The highest BCUT2D eigenvalue weighted by Crippen LogP contribution is 2.21. The Kier molecular flexibility index (Phi) is 5.31. The number of nitrogens with zero attached hydrogens (tertiary/aromatic N) is 4. The molecule has 1 unspecified atom stereocenters. The molecule has 3 heterocycles. The topological polar surface area (TPSA) is 80.1 Å². The molecular weight excluding hydrogens is 318 g/mol. The van der Waals surface area contributed by atoms with E-state index in [1.165, 1.54) is 0 Å². The Balaban J connectivity index is 1.92. The molecule has 0 spiro atoms. The van der Waals surface area contributed by atoms with E-state index in [0.717, 1.165) is 25.8 Å². The van der Waals surface area contributed by atoms with Gasteiger partial charge in [-0.15, -0.1) is 0 Å². The molecule has 134 valence electrons. The molecule has 1 fully saturated rings. The number of hydrogen-bond donors (Lipinski definition) is 1. The lowest BCUT2D eigenvalue weighted by molar-refractivity contribution is -0.125. The lowest BCUT2D eigenvalue weighted by Gasteiger charge is -2.32. The maximum Gasteiger partial charge on any atom is 0.295 e. The minimum Gasteiger partial charge on any atom is -0.356 e. The van der Waals surface area contributed by atoms with Crippen LogP contribution in [0.2, 0.25) is 0 Å². The number of piperidine rings is 1. The smallest absolute Gasteiger partial charge is 0.295 e. The molecule has 0 aromatic carbocycles. The molecule has 1 amide bonds. The largest absolute Gasteiger partial charge is 0.356 e. The monoisotopic (exact) mass is 343 g/mol. The van der Waals surface area contributed by atoms with Gasteiger partial charge >= 0.3 is 0 Å². The van der Waals surface area contributed by atoms with Gasteiger partial charge in [-0.25, -0.2) is 9.97 Å². The van der Waals surface area contributed by atoms with Gasteiger partial charge in [0, 0.05) is 32.4 Å². The number of pyridine rings is 1. The van der Waals surface area contributed by atoms with Crippen LogP contribution in [-0.2, 0) is 11.3 Å². The zero-order valence-corrected chi connectivity index (χ0v) is 14.9. The predicted octanol–water partition coefficient (Wildman–Crippen LogP) is 1.55. The Labute approximate surface area is 147 Å². The molecule has 25 heavy (non-hydrogen) atoms. The van der Waals surface area contributed by atoms with Gasteiger partial charge in [0.15, 0.2) is 11.5 Å². The van der Waals surface area contributed by atoms with Crippen molar-refractivity contribution in [1.29, 1.82) is 0 Å². The summed E-state index contributed by atoms with van der Waals surface area (Å²) >= 11 is 0. The first kappa shape index (κ1) is 17.4. The number of carbonyl (C=O) groups is 1. The minimum absolute atomic E-state index is 0.0739. The molecule has 0 bridgehead atoms. The average molecular weight is 343 g/mol. The summed E-state index contributed by atoms with van der Waals surface area (Å²) < 4.78 is 1.65. The third-order valence-electron chi connectivity index (χ3n) is 4.64. The molecule has 1 aliphatic rings. The number of carbonyl (C=O) groups excluding carboxylic acids is 1. The molecule has 1 aliphatic heterocycles. The molecule has 3 rings (SSSR count). The number of aryl methyl sites for hydroxylation is 1. The third-order valence-corrected chi connectivity index (χ3v) is 4.64. The van der Waals surface area contributed by atoms with Crippen LogP contribution in [0.25, 0.3) is 11.2 Å². The zero-order valence-electron chi connectivity index (χ0n) is 14.9. The molecule has 7 nitrogen and oxygen atoms in total. The normalized spacial score (nSPS) is 17.7. The summed E-state index contributed by atoms with van der Waals surface area (Å²) in [6.45, 7) is 6.47. The molecule has 0 aliphatic carbocycles. The summed E-state index contributed by atoms with van der Waals surface area (Å²) in [5.74, 6) is 0.404. The van der Waals surface area contributed by atoms with E-state index < -0.39 is 0 Å². The van der Waals surface area contributed by atoms with Gasteiger partial charge in [-0.3, -0.25) is 14.2 Å². The third kappa shape index (κ3) is 3.50. The van der Waals surface area contributed by atoms with Crippen molar-refractivity contribution in [3.8, 4) is 0 Å². The van der Waals surface area contributed by atoms with Crippen LogP contribution in [-0.4, -0.2) is 40.1 Å². The van der Waals surface area contributed by atoms with E-state index in [4.69, 9.17) is 0 Å². The Hall–Kier alpha value is -2.44. The van der Waals surface area contributed by atoms with Gasteiger partial charge in [-0.05, 0) is 38.3 Å². The van der Waals surface area contributed by atoms with Crippen LogP contribution in [0.5, 0.6) is 0 Å². The molecular formula is C18H25N5O2. The number of hydrogen-bond acceptors (Lipinski definition) is 5. The van der Waals surface area contributed by atoms with Gasteiger partial charge in [-0.2, -0.15) is 0 Å².